The molecule has 0 saturated carbocycles. The van der Waals surface area contributed by atoms with Crippen LogP contribution >= 0.6 is 0 Å². The van der Waals surface area contributed by atoms with Gasteiger partial charge < -0.3 is 4.57 Å². The average molecular weight is 263 g/mol. The fourth-order valence-electron chi connectivity index (χ4n) is 3.44. The van der Waals surface area contributed by atoms with Gasteiger partial charge in [0, 0.05) is 18.6 Å². The standard InChI is InChI=1S/C14H25N5/c1-12(2)19-11-15-16-14(19)10-17-6-4-8-18-7-3-5-13(18)9-17/h11-13H,3-10H2,1-2H3/t13-/m0/s1. The van der Waals surface area contributed by atoms with Gasteiger partial charge in [-0.2, -0.15) is 0 Å². The molecule has 0 spiro atoms. The molecule has 2 aliphatic heterocycles. The van der Waals surface area contributed by atoms with E-state index in [0.717, 1.165) is 18.4 Å². The highest BCUT2D eigenvalue weighted by molar-refractivity contribution is 4.91. The molecule has 2 fully saturated rings. The minimum Gasteiger partial charge on any atom is -0.314 e. The van der Waals surface area contributed by atoms with Crippen LogP contribution in [0.25, 0.3) is 0 Å². The monoisotopic (exact) mass is 263 g/mol. The molecule has 106 valence electrons. The van der Waals surface area contributed by atoms with Crippen molar-refractivity contribution in [3.63, 3.8) is 0 Å². The zero-order chi connectivity index (χ0) is 13.2. The van der Waals surface area contributed by atoms with Crippen LogP contribution in [0.15, 0.2) is 6.33 Å². The molecule has 1 aromatic rings. The van der Waals surface area contributed by atoms with Crippen molar-refractivity contribution < 1.29 is 0 Å². The summed E-state index contributed by atoms with van der Waals surface area (Å²) in [5.41, 5.74) is 0. The van der Waals surface area contributed by atoms with Crippen molar-refractivity contribution in [2.75, 3.05) is 26.2 Å². The van der Waals surface area contributed by atoms with E-state index in [9.17, 15) is 0 Å². The Morgan fingerprint density at radius 1 is 1.26 bits per heavy atom. The Balaban J connectivity index is 1.67. The van der Waals surface area contributed by atoms with Crippen LogP contribution in [-0.2, 0) is 6.54 Å². The molecule has 0 aliphatic carbocycles. The molecule has 19 heavy (non-hydrogen) atoms. The molecule has 5 heteroatoms. The third kappa shape index (κ3) is 2.82. The smallest absolute Gasteiger partial charge is 0.147 e. The van der Waals surface area contributed by atoms with Gasteiger partial charge >= 0.3 is 0 Å². The summed E-state index contributed by atoms with van der Waals surface area (Å²) in [7, 11) is 0. The van der Waals surface area contributed by atoms with Crippen LogP contribution in [0.2, 0.25) is 0 Å². The van der Waals surface area contributed by atoms with Gasteiger partial charge in [0.25, 0.3) is 0 Å². The van der Waals surface area contributed by atoms with E-state index in [0.29, 0.717) is 6.04 Å². The number of rotatable bonds is 3. The molecule has 0 bridgehead atoms. The molecule has 0 aromatic carbocycles. The van der Waals surface area contributed by atoms with Crippen molar-refractivity contribution in [3.05, 3.63) is 12.2 Å². The van der Waals surface area contributed by atoms with E-state index in [-0.39, 0.29) is 0 Å². The molecule has 3 heterocycles. The Labute approximate surface area is 115 Å². The zero-order valence-electron chi connectivity index (χ0n) is 12.1. The van der Waals surface area contributed by atoms with Crippen LogP contribution < -0.4 is 0 Å². The van der Waals surface area contributed by atoms with Gasteiger partial charge in [-0.3, -0.25) is 9.80 Å². The van der Waals surface area contributed by atoms with Crippen LogP contribution in [0, 0.1) is 0 Å². The highest BCUT2D eigenvalue weighted by Crippen LogP contribution is 2.22. The second-order valence-corrected chi connectivity index (χ2v) is 6.17. The van der Waals surface area contributed by atoms with E-state index in [1.807, 2.05) is 6.33 Å². The maximum Gasteiger partial charge on any atom is 0.147 e. The molecule has 0 amide bonds. The van der Waals surface area contributed by atoms with E-state index in [1.54, 1.807) is 0 Å². The number of aromatic nitrogens is 3. The third-order valence-electron chi connectivity index (χ3n) is 4.46. The zero-order valence-corrected chi connectivity index (χ0v) is 12.1. The van der Waals surface area contributed by atoms with Crippen molar-refractivity contribution in [1.82, 2.24) is 24.6 Å². The van der Waals surface area contributed by atoms with Crippen molar-refractivity contribution in [3.8, 4) is 0 Å². The number of hydrogen-bond acceptors (Lipinski definition) is 4. The van der Waals surface area contributed by atoms with Crippen LogP contribution in [0.1, 0.15) is 45.0 Å². The Bertz CT molecular complexity index is 414. The van der Waals surface area contributed by atoms with Gasteiger partial charge in [-0.15, -0.1) is 10.2 Å². The summed E-state index contributed by atoms with van der Waals surface area (Å²) in [6, 6.07) is 1.22. The first-order valence-corrected chi connectivity index (χ1v) is 7.59. The fourth-order valence-corrected chi connectivity index (χ4v) is 3.44. The summed E-state index contributed by atoms with van der Waals surface area (Å²) < 4.78 is 2.19. The Morgan fingerprint density at radius 2 is 2.11 bits per heavy atom. The van der Waals surface area contributed by atoms with Crippen LogP contribution in [-0.4, -0.2) is 56.8 Å². The van der Waals surface area contributed by atoms with E-state index in [2.05, 4.69) is 38.4 Å². The predicted molar refractivity (Wildman–Crippen MR) is 74.9 cm³/mol. The van der Waals surface area contributed by atoms with Crippen LogP contribution in [0.4, 0.5) is 0 Å². The fraction of sp³-hybridized carbons (Fsp3) is 0.857. The highest BCUT2D eigenvalue weighted by atomic mass is 15.3. The van der Waals surface area contributed by atoms with Crippen molar-refractivity contribution in [2.24, 2.45) is 0 Å². The third-order valence-corrected chi connectivity index (χ3v) is 4.46. The van der Waals surface area contributed by atoms with Gasteiger partial charge in [-0.05, 0) is 52.7 Å². The number of fused-ring (bicyclic) bond motifs is 1. The molecule has 0 N–H and O–H groups in total. The van der Waals surface area contributed by atoms with Crippen LogP contribution in [0.3, 0.4) is 0 Å². The summed E-state index contributed by atoms with van der Waals surface area (Å²) in [4.78, 5) is 5.24. The summed E-state index contributed by atoms with van der Waals surface area (Å²) in [5.74, 6) is 1.11. The lowest BCUT2D eigenvalue weighted by molar-refractivity contribution is 0.210. The summed E-state index contributed by atoms with van der Waals surface area (Å²) in [5, 5.41) is 8.38. The van der Waals surface area contributed by atoms with Crippen molar-refractivity contribution >= 4 is 0 Å². The molecule has 1 aromatic heterocycles. The van der Waals surface area contributed by atoms with Gasteiger partial charge in [-0.1, -0.05) is 0 Å². The second-order valence-electron chi connectivity index (χ2n) is 6.17. The average Bonchev–Trinajstić information content (AvgIpc) is 2.96. The topological polar surface area (TPSA) is 37.2 Å². The van der Waals surface area contributed by atoms with Gasteiger partial charge in [0.2, 0.25) is 0 Å². The second kappa shape index (κ2) is 5.59. The Morgan fingerprint density at radius 3 is 2.95 bits per heavy atom. The Hall–Kier alpha value is -0.940. The van der Waals surface area contributed by atoms with E-state index >= 15 is 0 Å². The van der Waals surface area contributed by atoms with Crippen LogP contribution in [0.5, 0.6) is 0 Å². The summed E-state index contributed by atoms with van der Waals surface area (Å²) >= 11 is 0. The van der Waals surface area contributed by atoms with Crippen molar-refractivity contribution in [1.29, 1.82) is 0 Å². The molecule has 3 rings (SSSR count). The normalized spacial score (nSPS) is 25.7. The van der Waals surface area contributed by atoms with E-state index < -0.39 is 0 Å². The van der Waals surface area contributed by atoms with E-state index in [1.165, 1.54) is 45.4 Å². The highest BCUT2D eigenvalue weighted by Gasteiger charge is 2.29. The predicted octanol–water partition coefficient (Wildman–Crippen LogP) is 1.53. The van der Waals surface area contributed by atoms with Gasteiger partial charge in [-0.25, -0.2) is 0 Å². The number of hydrogen-bond donors (Lipinski definition) is 0. The lowest BCUT2D eigenvalue weighted by Gasteiger charge is -2.25. The van der Waals surface area contributed by atoms with Gasteiger partial charge in [0.05, 0.1) is 6.54 Å². The lowest BCUT2D eigenvalue weighted by Crippen LogP contribution is -2.36. The molecule has 0 radical (unpaired) electrons. The van der Waals surface area contributed by atoms with Gasteiger partial charge in [0.1, 0.15) is 12.2 Å². The molecular formula is C14H25N5. The minimum absolute atomic E-state index is 0.444. The molecule has 5 nitrogen and oxygen atoms in total. The molecular weight excluding hydrogens is 238 g/mol. The molecule has 0 unspecified atom stereocenters. The van der Waals surface area contributed by atoms with E-state index in [4.69, 9.17) is 0 Å². The first kappa shape index (κ1) is 13.1. The minimum atomic E-state index is 0.444. The largest absolute Gasteiger partial charge is 0.314 e. The quantitative estimate of drug-likeness (QED) is 0.829. The summed E-state index contributed by atoms with van der Waals surface area (Å²) in [6.07, 6.45) is 5.89. The van der Waals surface area contributed by atoms with Crippen molar-refractivity contribution in [2.45, 2.75) is 51.7 Å². The van der Waals surface area contributed by atoms with Gasteiger partial charge in [0.15, 0.2) is 0 Å². The first-order valence-electron chi connectivity index (χ1n) is 7.59. The first-order chi connectivity index (χ1) is 9.24. The SMILES string of the molecule is CC(C)n1cnnc1CN1CCCN2CCC[C@H]2C1. The molecule has 2 saturated heterocycles. The molecule has 2 aliphatic rings. The number of nitrogens with zero attached hydrogens (tertiary/aromatic N) is 5. The lowest BCUT2D eigenvalue weighted by atomic mass is 10.2. The molecule has 1 atom stereocenters. The maximum absolute atomic E-state index is 4.31. The maximum atomic E-state index is 4.31. The summed E-state index contributed by atoms with van der Waals surface area (Å²) in [6.45, 7) is 10.3. The Kier molecular flexibility index (Phi) is 3.84.